The molecule has 3 aromatic rings. The van der Waals surface area contributed by atoms with E-state index < -0.39 is 83.9 Å². The van der Waals surface area contributed by atoms with Crippen LogP contribution in [0.2, 0.25) is 0 Å². The van der Waals surface area contributed by atoms with Crippen LogP contribution >= 0.6 is 0 Å². The molecule has 5 rings (SSSR count). The number of ketones is 2. The van der Waals surface area contributed by atoms with Crippen LogP contribution < -0.4 is 0 Å². The molecule has 0 unspecified atom stereocenters. The molecular weight excluding hydrogens is 799 g/mol. The lowest BCUT2D eigenvalue weighted by atomic mass is 9.85. The van der Waals surface area contributed by atoms with Gasteiger partial charge >= 0.3 is 12.1 Å². The first kappa shape index (κ1) is 48.0. The fourth-order valence-corrected chi connectivity index (χ4v) is 8.11. The van der Waals surface area contributed by atoms with E-state index in [1.54, 1.807) is 44.2 Å². The van der Waals surface area contributed by atoms with Gasteiger partial charge in [-0.2, -0.15) is 0 Å². The number of aliphatic hydroxyl groups excluding tert-OH is 1. The SMILES string of the molecule is CO[C@H]1O[C@H](CO)[C@@H](OCc2ccccc2)[C@H](OCc2ccccc2)[C@@H]1OCCCC(=O)C=CC(=O)[C@H](OC(C)=O)[C@H](Cc1ccccc1)C(=O)N1C(=O)OC(C)(C)[C@H]1C(C)C. The maximum atomic E-state index is 14.4. The number of methoxy groups -OCH3 is 1. The molecule has 2 heterocycles. The number of nitrogens with zero attached hydrogens (tertiary/aromatic N) is 1. The Balaban J connectivity index is 1.28. The van der Waals surface area contributed by atoms with E-state index in [2.05, 4.69) is 0 Å². The Kier molecular flexibility index (Phi) is 17.7. The van der Waals surface area contributed by atoms with Gasteiger partial charge in [0, 0.05) is 27.1 Å². The highest BCUT2D eigenvalue weighted by Crippen LogP contribution is 2.36. The zero-order valence-electron chi connectivity index (χ0n) is 36.3. The number of amides is 2. The number of rotatable bonds is 22. The second-order valence-corrected chi connectivity index (χ2v) is 16.3. The van der Waals surface area contributed by atoms with Crippen molar-refractivity contribution in [3.05, 3.63) is 120 Å². The summed E-state index contributed by atoms with van der Waals surface area (Å²) in [5.74, 6) is -4.30. The molecule has 334 valence electrons. The number of benzene rings is 3. The van der Waals surface area contributed by atoms with Crippen LogP contribution in [0.1, 0.15) is 64.2 Å². The molecule has 2 aliphatic heterocycles. The van der Waals surface area contributed by atoms with Gasteiger partial charge in [-0.05, 0) is 61.4 Å². The lowest BCUT2D eigenvalue weighted by molar-refractivity contribution is -0.319. The molecule has 14 nitrogen and oxygen atoms in total. The van der Waals surface area contributed by atoms with Crippen molar-refractivity contribution in [3.8, 4) is 0 Å². The predicted molar refractivity (Wildman–Crippen MR) is 226 cm³/mol. The molecule has 2 saturated heterocycles. The summed E-state index contributed by atoms with van der Waals surface area (Å²) < 4.78 is 42.0. The number of allylic oxidation sites excluding steroid dienone is 1. The van der Waals surface area contributed by atoms with Gasteiger partial charge in [-0.25, -0.2) is 9.69 Å². The van der Waals surface area contributed by atoms with Crippen molar-refractivity contribution in [1.82, 2.24) is 4.90 Å². The molecule has 0 aromatic heterocycles. The summed E-state index contributed by atoms with van der Waals surface area (Å²) in [4.78, 5) is 68.2. The van der Waals surface area contributed by atoms with E-state index in [1.807, 2.05) is 74.5 Å². The molecule has 62 heavy (non-hydrogen) atoms. The van der Waals surface area contributed by atoms with Crippen molar-refractivity contribution < 1.29 is 62.2 Å². The van der Waals surface area contributed by atoms with E-state index in [0.717, 1.165) is 35.1 Å². The van der Waals surface area contributed by atoms with Crippen LogP contribution in [-0.4, -0.2) is 108 Å². The number of esters is 1. The van der Waals surface area contributed by atoms with Crippen molar-refractivity contribution in [1.29, 1.82) is 0 Å². The monoisotopic (exact) mass is 857 g/mol. The summed E-state index contributed by atoms with van der Waals surface area (Å²) in [6.45, 7) is 8.40. The average molecular weight is 858 g/mol. The largest absolute Gasteiger partial charge is 0.453 e. The minimum atomic E-state index is -1.65. The number of hydrogen-bond donors (Lipinski definition) is 1. The van der Waals surface area contributed by atoms with E-state index in [-0.39, 0.29) is 51.6 Å². The minimum Gasteiger partial charge on any atom is -0.453 e. The van der Waals surface area contributed by atoms with Gasteiger partial charge in [-0.15, -0.1) is 0 Å². The van der Waals surface area contributed by atoms with E-state index in [0.29, 0.717) is 5.56 Å². The molecule has 0 radical (unpaired) electrons. The van der Waals surface area contributed by atoms with Crippen LogP contribution in [0.25, 0.3) is 0 Å². The van der Waals surface area contributed by atoms with Gasteiger partial charge in [-0.3, -0.25) is 19.2 Å². The van der Waals surface area contributed by atoms with E-state index in [1.165, 1.54) is 7.11 Å². The number of cyclic esters (lactones) is 1. The number of imide groups is 1. The van der Waals surface area contributed by atoms with Crippen molar-refractivity contribution >= 4 is 29.5 Å². The summed E-state index contributed by atoms with van der Waals surface area (Å²) in [6, 6.07) is 27.3. The predicted octanol–water partition coefficient (Wildman–Crippen LogP) is 5.95. The third-order valence-electron chi connectivity index (χ3n) is 10.8. The third kappa shape index (κ3) is 12.7. The standard InChI is InChI=1S/C48H59NO13/c1-31(2)44-48(4,5)62-47(55)49(44)45(54)37(27-33-17-10-7-11-18-33)40(60-32(3)51)38(53)25-24-36(52)23-16-26-57-43-42(59-30-35-21-14-9-15-22-35)41(39(28-50)61-46(43)56-6)58-29-34-19-12-8-13-20-34/h7-15,17-22,24-25,31,37,39-44,46,50H,16,23,26-30H2,1-6H3/t37-,39+,40+,41+,42-,43-,44+,46-/m0/s1. The lowest BCUT2D eigenvalue weighted by Crippen LogP contribution is -2.61. The molecule has 0 spiro atoms. The second kappa shape index (κ2) is 22.8. The number of ether oxygens (including phenoxy) is 7. The second-order valence-electron chi connectivity index (χ2n) is 16.3. The summed E-state index contributed by atoms with van der Waals surface area (Å²) >= 11 is 0. The normalized spacial score (nSPS) is 23.2. The van der Waals surface area contributed by atoms with Gasteiger partial charge in [-0.1, -0.05) is 105 Å². The molecule has 0 bridgehead atoms. The Morgan fingerprint density at radius 2 is 1.37 bits per heavy atom. The first-order valence-corrected chi connectivity index (χ1v) is 21.0. The molecule has 0 aliphatic carbocycles. The fourth-order valence-electron chi connectivity index (χ4n) is 8.11. The molecule has 0 saturated carbocycles. The van der Waals surface area contributed by atoms with Gasteiger partial charge in [0.15, 0.2) is 24.0 Å². The maximum absolute atomic E-state index is 14.4. The summed E-state index contributed by atoms with van der Waals surface area (Å²) in [6.07, 6.45) is -4.33. The Hall–Kier alpha value is -5.09. The lowest BCUT2D eigenvalue weighted by Gasteiger charge is -2.45. The van der Waals surface area contributed by atoms with Crippen molar-refractivity contribution in [3.63, 3.8) is 0 Å². The Morgan fingerprint density at radius 3 is 1.90 bits per heavy atom. The quantitative estimate of drug-likeness (QED) is 0.0714. The number of carbonyl (C=O) groups is 5. The Bertz CT molecular complexity index is 1950. The van der Waals surface area contributed by atoms with Crippen LogP contribution in [0.5, 0.6) is 0 Å². The van der Waals surface area contributed by atoms with Gasteiger partial charge in [0.05, 0.1) is 31.8 Å². The highest BCUT2D eigenvalue weighted by molar-refractivity contribution is 6.05. The van der Waals surface area contributed by atoms with E-state index in [4.69, 9.17) is 33.2 Å². The zero-order valence-corrected chi connectivity index (χ0v) is 36.3. The molecular formula is C48H59NO13. The Morgan fingerprint density at radius 1 is 0.806 bits per heavy atom. The van der Waals surface area contributed by atoms with Crippen LogP contribution in [0.3, 0.4) is 0 Å². The minimum absolute atomic E-state index is 0.0346. The Labute approximate surface area is 363 Å². The number of aliphatic hydroxyl groups is 1. The van der Waals surface area contributed by atoms with Crippen LogP contribution in [-0.2, 0) is 72.0 Å². The topological polar surface area (TPSA) is 173 Å². The molecule has 3 aromatic carbocycles. The third-order valence-corrected chi connectivity index (χ3v) is 10.8. The highest BCUT2D eigenvalue weighted by atomic mass is 16.7. The number of hydrogen-bond acceptors (Lipinski definition) is 13. The van der Waals surface area contributed by atoms with Crippen molar-refractivity contribution in [2.45, 2.75) is 116 Å². The summed E-state index contributed by atoms with van der Waals surface area (Å²) in [5, 5.41) is 10.3. The van der Waals surface area contributed by atoms with E-state index >= 15 is 0 Å². The van der Waals surface area contributed by atoms with Crippen LogP contribution in [0, 0.1) is 11.8 Å². The smallest absolute Gasteiger partial charge is 0.417 e. The van der Waals surface area contributed by atoms with E-state index in [9.17, 15) is 29.1 Å². The van der Waals surface area contributed by atoms with Crippen LogP contribution in [0.15, 0.2) is 103 Å². The molecule has 14 heteroatoms. The van der Waals surface area contributed by atoms with Gasteiger partial charge in [0.2, 0.25) is 5.91 Å². The highest BCUT2D eigenvalue weighted by Gasteiger charge is 2.54. The zero-order chi connectivity index (χ0) is 44.8. The summed E-state index contributed by atoms with van der Waals surface area (Å²) in [5.41, 5.74) is 1.48. The molecule has 2 aliphatic rings. The molecule has 2 amide bonds. The van der Waals surface area contributed by atoms with Gasteiger partial charge in [0.1, 0.15) is 30.0 Å². The van der Waals surface area contributed by atoms with Crippen LogP contribution in [0.4, 0.5) is 4.79 Å². The fraction of sp³-hybridized carbons (Fsp3) is 0.479. The maximum Gasteiger partial charge on any atom is 0.417 e. The van der Waals surface area contributed by atoms with Gasteiger partial charge < -0.3 is 38.3 Å². The number of carbonyl (C=O) groups excluding carboxylic acids is 5. The van der Waals surface area contributed by atoms with Crippen molar-refractivity contribution in [2.24, 2.45) is 11.8 Å². The average Bonchev–Trinajstić information content (AvgIpc) is 3.52. The first-order chi connectivity index (χ1) is 29.7. The first-order valence-electron chi connectivity index (χ1n) is 21.0. The summed E-state index contributed by atoms with van der Waals surface area (Å²) in [7, 11) is 1.46. The molecule has 1 N–H and O–H groups in total. The van der Waals surface area contributed by atoms with Gasteiger partial charge in [0.25, 0.3) is 0 Å². The molecule has 8 atom stereocenters. The molecule has 2 fully saturated rings. The van der Waals surface area contributed by atoms with Crippen molar-refractivity contribution in [2.75, 3.05) is 20.3 Å².